The fourth-order valence-electron chi connectivity index (χ4n) is 1.00. The lowest BCUT2D eigenvalue weighted by molar-refractivity contribution is 0.320. The normalized spacial score (nSPS) is 13.0. The largest absolute Gasteiger partial charge is 0.479 e. The van der Waals surface area contributed by atoms with Crippen LogP contribution in [0.4, 0.5) is 0 Å². The second kappa shape index (κ2) is 4.79. The zero-order valence-corrected chi connectivity index (χ0v) is 10.3. The molecule has 13 heavy (non-hydrogen) atoms. The van der Waals surface area contributed by atoms with Gasteiger partial charge in [0.05, 0.1) is 6.20 Å². The van der Waals surface area contributed by atoms with Gasteiger partial charge in [-0.05, 0) is 47.1 Å². The lowest BCUT2D eigenvalue weighted by atomic mass is 10.1. The van der Waals surface area contributed by atoms with Crippen molar-refractivity contribution in [2.24, 2.45) is 0 Å². The van der Waals surface area contributed by atoms with E-state index in [-0.39, 0.29) is 4.11 Å². The molecule has 0 radical (unpaired) electrons. The molecule has 0 N–H and O–H groups in total. The average Bonchev–Trinajstić information content (AvgIpc) is 2.03. The van der Waals surface area contributed by atoms with Crippen molar-refractivity contribution in [2.45, 2.75) is 30.8 Å². The van der Waals surface area contributed by atoms with E-state index in [0.717, 1.165) is 5.75 Å². The van der Waals surface area contributed by atoms with Crippen LogP contribution in [-0.2, 0) is 0 Å². The smallest absolute Gasteiger partial charge is 0.146 e. The number of ether oxygens (including phenoxy) is 1. The van der Waals surface area contributed by atoms with Gasteiger partial charge in [0, 0.05) is 6.20 Å². The number of hydrogen-bond acceptors (Lipinski definition) is 2. The predicted molar refractivity (Wildman–Crippen MR) is 62.4 cm³/mol. The second-order valence-corrected chi connectivity index (χ2v) is 5.02. The maximum absolute atomic E-state index is 5.53. The van der Waals surface area contributed by atoms with E-state index in [0.29, 0.717) is 5.92 Å². The van der Waals surface area contributed by atoms with Gasteiger partial charge in [0.25, 0.3) is 0 Å². The highest BCUT2D eigenvalue weighted by atomic mass is 127. The lowest BCUT2D eigenvalue weighted by Crippen LogP contribution is -2.02. The van der Waals surface area contributed by atoms with Gasteiger partial charge in [-0.3, -0.25) is 4.98 Å². The van der Waals surface area contributed by atoms with Crippen molar-refractivity contribution in [1.82, 2.24) is 4.98 Å². The number of rotatable bonds is 3. The van der Waals surface area contributed by atoms with Crippen molar-refractivity contribution < 1.29 is 4.74 Å². The Hall–Kier alpha value is -0.320. The minimum absolute atomic E-state index is 0.182. The number of halogens is 1. The number of nitrogens with zero attached hydrogens (tertiary/aromatic N) is 1. The molecule has 0 spiro atoms. The summed E-state index contributed by atoms with van der Waals surface area (Å²) in [5.74, 6) is 1.36. The van der Waals surface area contributed by atoms with Crippen LogP contribution in [0.5, 0.6) is 5.75 Å². The zero-order chi connectivity index (χ0) is 9.84. The molecule has 3 heteroatoms. The molecule has 0 saturated carbocycles. The summed E-state index contributed by atoms with van der Waals surface area (Å²) in [4.78, 5) is 4.13. The SMILES string of the molecule is CC(I)Oc1cncc(C(C)C)c1. The first-order valence-corrected chi connectivity index (χ1v) is 5.60. The summed E-state index contributed by atoms with van der Waals surface area (Å²) in [6.07, 6.45) is 3.64. The molecule has 1 heterocycles. The van der Waals surface area contributed by atoms with E-state index in [2.05, 4.69) is 41.4 Å². The molecule has 1 unspecified atom stereocenters. The van der Waals surface area contributed by atoms with Gasteiger partial charge in [-0.2, -0.15) is 0 Å². The standard InChI is InChI=1S/C10H14INO/c1-7(2)9-4-10(6-12-5-9)13-8(3)11/h4-8H,1-3H3. The molecule has 1 rings (SSSR count). The maximum Gasteiger partial charge on any atom is 0.146 e. The zero-order valence-electron chi connectivity index (χ0n) is 8.12. The Kier molecular flexibility index (Phi) is 3.96. The third-order valence-corrected chi connectivity index (χ3v) is 1.95. The number of pyridine rings is 1. The molecule has 0 aromatic carbocycles. The highest BCUT2D eigenvalue weighted by Gasteiger charge is 2.03. The van der Waals surface area contributed by atoms with Crippen molar-refractivity contribution >= 4 is 22.6 Å². The summed E-state index contributed by atoms with van der Waals surface area (Å²) in [5.41, 5.74) is 1.22. The predicted octanol–water partition coefficient (Wildman–Crippen LogP) is 3.36. The molecule has 0 bridgehead atoms. The summed E-state index contributed by atoms with van der Waals surface area (Å²) >= 11 is 2.23. The lowest BCUT2D eigenvalue weighted by Gasteiger charge is -2.10. The summed E-state index contributed by atoms with van der Waals surface area (Å²) in [5, 5.41) is 0. The number of hydrogen-bond donors (Lipinski definition) is 0. The molecule has 0 aliphatic heterocycles. The first kappa shape index (κ1) is 10.8. The van der Waals surface area contributed by atoms with Gasteiger partial charge in [-0.15, -0.1) is 0 Å². The van der Waals surface area contributed by atoms with Crippen LogP contribution in [0.3, 0.4) is 0 Å². The van der Waals surface area contributed by atoms with Gasteiger partial charge in [-0.25, -0.2) is 0 Å². The van der Waals surface area contributed by atoms with E-state index >= 15 is 0 Å². The third-order valence-electron chi connectivity index (χ3n) is 1.70. The highest BCUT2D eigenvalue weighted by molar-refractivity contribution is 14.1. The Bertz CT molecular complexity index is 273. The fourth-order valence-corrected chi connectivity index (χ4v) is 1.30. The minimum Gasteiger partial charge on any atom is -0.479 e. The van der Waals surface area contributed by atoms with Crippen LogP contribution in [0.1, 0.15) is 32.3 Å². The monoisotopic (exact) mass is 291 g/mol. The Labute approximate surface area is 92.9 Å². The fraction of sp³-hybridized carbons (Fsp3) is 0.500. The summed E-state index contributed by atoms with van der Waals surface area (Å²) < 4.78 is 5.71. The van der Waals surface area contributed by atoms with Crippen LogP contribution in [0.15, 0.2) is 18.5 Å². The summed E-state index contributed by atoms with van der Waals surface area (Å²) in [6.45, 7) is 6.30. The van der Waals surface area contributed by atoms with Crippen LogP contribution in [-0.4, -0.2) is 9.09 Å². The molecule has 0 saturated heterocycles. The Morgan fingerprint density at radius 2 is 2.00 bits per heavy atom. The molecule has 0 amide bonds. The Morgan fingerprint density at radius 1 is 1.31 bits per heavy atom. The highest BCUT2D eigenvalue weighted by Crippen LogP contribution is 2.20. The Morgan fingerprint density at radius 3 is 2.54 bits per heavy atom. The van der Waals surface area contributed by atoms with Crippen molar-refractivity contribution in [1.29, 1.82) is 0 Å². The minimum atomic E-state index is 0.182. The van der Waals surface area contributed by atoms with Gasteiger partial charge in [0.2, 0.25) is 0 Å². The number of aromatic nitrogens is 1. The molecule has 72 valence electrons. The van der Waals surface area contributed by atoms with Crippen molar-refractivity contribution in [3.05, 3.63) is 24.0 Å². The molecular formula is C10H14INO. The molecule has 2 nitrogen and oxygen atoms in total. The van der Waals surface area contributed by atoms with Gasteiger partial charge in [0.15, 0.2) is 0 Å². The van der Waals surface area contributed by atoms with E-state index in [1.807, 2.05) is 19.2 Å². The quantitative estimate of drug-likeness (QED) is 0.629. The van der Waals surface area contributed by atoms with Crippen molar-refractivity contribution in [3.8, 4) is 5.75 Å². The van der Waals surface area contributed by atoms with E-state index in [1.165, 1.54) is 5.56 Å². The molecular weight excluding hydrogens is 277 g/mol. The molecule has 0 aliphatic rings. The van der Waals surface area contributed by atoms with Crippen LogP contribution in [0.2, 0.25) is 0 Å². The van der Waals surface area contributed by atoms with Gasteiger partial charge in [-0.1, -0.05) is 13.8 Å². The van der Waals surface area contributed by atoms with Gasteiger partial charge < -0.3 is 4.74 Å². The van der Waals surface area contributed by atoms with Crippen LogP contribution in [0.25, 0.3) is 0 Å². The van der Waals surface area contributed by atoms with Gasteiger partial charge >= 0.3 is 0 Å². The van der Waals surface area contributed by atoms with E-state index in [9.17, 15) is 0 Å². The topological polar surface area (TPSA) is 22.1 Å². The molecule has 1 aromatic heterocycles. The average molecular weight is 291 g/mol. The van der Waals surface area contributed by atoms with Crippen LogP contribution >= 0.6 is 22.6 Å². The summed E-state index contributed by atoms with van der Waals surface area (Å²) in [6, 6.07) is 2.05. The maximum atomic E-state index is 5.53. The first-order chi connectivity index (χ1) is 6.09. The van der Waals surface area contributed by atoms with Crippen LogP contribution < -0.4 is 4.74 Å². The Balaban J connectivity index is 2.79. The van der Waals surface area contributed by atoms with Crippen molar-refractivity contribution in [2.75, 3.05) is 0 Å². The van der Waals surface area contributed by atoms with Gasteiger partial charge in [0.1, 0.15) is 9.86 Å². The van der Waals surface area contributed by atoms with Crippen LogP contribution in [0, 0.1) is 0 Å². The van der Waals surface area contributed by atoms with E-state index < -0.39 is 0 Å². The van der Waals surface area contributed by atoms with E-state index in [1.54, 1.807) is 6.20 Å². The molecule has 0 aliphatic carbocycles. The first-order valence-electron chi connectivity index (χ1n) is 4.35. The molecule has 1 aromatic rings. The van der Waals surface area contributed by atoms with Crippen molar-refractivity contribution in [3.63, 3.8) is 0 Å². The van der Waals surface area contributed by atoms with E-state index in [4.69, 9.17) is 4.74 Å². The summed E-state index contributed by atoms with van der Waals surface area (Å²) in [7, 11) is 0. The second-order valence-electron chi connectivity index (χ2n) is 3.27. The molecule has 1 atom stereocenters. The third kappa shape index (κ3) is 3.50. The molecule has 0 fully saturated rings. The number of alkyl halides is 1.